The summed E-state index contributed by atoms with van der Waals surface area (Å²) in [6, 6.07) is 16.0. The fourth-order valence-electron chi connectivity index (χ4n) is 3.21. The molecular weight excluding hydrogens is 334 g/mol. The van der Waals surface area contributed by atoms with Gasteiger partial charge in [0.1, 0.15) is 11.8 Å². The number of rotatable bonds is 3. The third kappa shape index (κ3) is 2.74. The molecule has 4 rings (SSSR count). The Labute approximate surface area is 149 Å². The fraction of sp³-hybridized carbons (Fsp3) is 0.200. The number of para-hydroxylation sites is 2. The molecular formula is C20H17NO5. The van der Waals surface area contributed by atoms with Crippen molar-refractivity contribution in [1.29, 1.82) is 0 Å². The number of esters is 1. The van der Waals surface area contributed by atoms with E-state index in [1.165, 1.54) is 13.4 Å². The Morgan fingerprint density at radius 3 is 2.62 bits per heavy atom. The van der Waals surface area contributed by atoms with E-state index in [1.807, 2.05) is 36.4 Å². The largest absolute Gasteiger partial charge is 0.467 e. The van der Waals surface area contributed by atoms with E-state index < -0.39 is 18.1 Å². The van der Waals surface area contributed by atoms with Gasteiger partial charge in [-0.15, -0.1) is 0 Å². The smallest absolute Gasteiger partial charge is 0.337 e. The standard InChI is InChI=1S/C20H17NO5/c1-24-20(23)18-11-16(21(26-18)13-7-3-2-4-8-13)15-12-25-17-10-6-5-9-14(17)19(15)22/h2-10,12,16,18H,11H2,1H3/t16-,18+/m0/s1. The number of carbonyl (C=O) groups excluding carboxylic acids is 1. The molecule has 0 radical (unpaired) electrons. The molecule has 1 saturated heterocycles. The predicted octanol–water partition coefficient (Wildman–Crippen LogP) is 3.22. The Morgan fingerprint density at radius 1 is 1.12 bits per heavy atom. The van der Waals surface area contributed by atoms with Crippen molar-refractivity contribution in [3.8, 4) is 0 Å². The molecule has 0 aliphatic carbocycles. The lowest BCUT2D eigenvalue weighted by Gasteiger charge is -2.24. The highest BCUT2D eigenvalue weighted by Gasteiger charge is 2.41. The summed E-state index contributed by atoms with van der Waals surface area (Å²) < 4.78 is 10.5. The van der Waals surface area contributed by atoms with Gasteiger partial charge in [-0.3, -0.25) is 9.63 Å². The topological polar surface area (TPSA) is 69.0 Å². The molecule has 0 unspecified atom stereocenters. The van der Waals surface area contributed by atoms with Crippen LogP contribution in [0.3, 0.4) is 0 Å². The molecule has 0 N–H and O–H groups in total. The first kappa shape index (κ1) is 16.4. The van der Waals surface area contributed by atoms with Crippen molar-refractivity contribution in [3.05, 3.63) is 76.6 Å². The second kappa shape index (κ2) is 6.65. The van der Waals surface area contributed by atoms with Gasteiger partial charge in [0.05, 0.1) is 29.8 Å². The minimum Gasteiger partial charge on any atom is -0.467 e. The maximum absolute atomic E-state index is 13.0. The summed E-state index contributed by atoms with van der Waals surface area (Å²) in [4.78, 5) is 30.8. The molecule has 2 heterocycles. The molecule has 6 nitrogen and oxygen atoms in total. The summed E-state index contributed by atoms with van der Waals surface area (Å²) in [5, 5.41) is 2.09. The summed E-state index contributed by atoms with van der Waals surface area (Å²) >= 11 is 0. The van der Waals surface area contributed by atoms with Crippen molar-refractivity contribution in [3.63, 3.8) is 0 Å². The highest BCUT2D eigenvalue weighted by molar-refractivity contribution is 5.78. The maximum atomic E-state index is 13.0. The minimum absolute atomic E-state index is 0.133. The highest BCUT2D eigenvalue weighted by atomic mass is 16.7. The zero-order chi connectivity index (χ0) is 18.1. The van der Waals surface area contributed by atoms with Crippen molar-refractivity contribution in [2.75, 3.05) is 12.2 Å². The highest BCUT2D eigenvalue weighted by Crippen LogP contribution is 2.37. The monoisotopic (exact) mass is 351 g/mol. The Kier molecular flexibility index (Phi) is 4.18. The molecule has 132 valence electrons. The van der Waals surface area contributed by atoms with E-state index in [1.54, 1.807) is 23.3 Å². The van der Waals surface area contributed by atoms with E-state index in [4.69, 9.17) is 14.0 Å². The second-order valence-electron chi connectivity index (χ2n) is 6.05. The first-order chi connectivity index (χ1) is 12.7. The number of methoxy groups -OCH3 is 1. The van der Waals surface area contributed by atoms with Crippen LogP contribution < -0.4 is 10.5 Å². The van der Waals surface area contributed by atoms with E-state index in [0.717, 1.165) is 5.69 Å². The van der Waals surface area contributed by atoms with Crippen molar-refractivity contribution < 1.29 is 18.8 Å². The van der Waals surface area contributed by atoms with Gasteiger partial charge < -0.3 is 9.15 Å². The van der Waals surface area contributed by atoms with Crippen molar-refractivity contribution >= 4 is 22.6 Å². The molecule has 2 aromatic carbocycles. The molecule has 1 aliphatic heterocycles. The van der Waals surface area contributed by atoms with E-state index in [9.17, 15) is 9.59 Å². The molecule has 2 atom stereocenters. The number of hydrogen-bond acceptors (Lipinski definition) is 6. The van der Waals surface area contributed by atoms with Gasteiger partial charge in [-0.25, -0.2) is 9.86 Å². The lowest BCUT2D eigenvalue weighted by molar-refractivity contribution is -0.151. The van der Waals surface area contributed by atoms with Crippen LogP contribution in [0.5, 0.6) is 0 Å². The summed E-state index contributed by atoms with van der Waals surface area (Å²) in [5.41, 5.74) is 1.58. The van der Waals surface area contributed by atoms with Crippen LogP contribution in [-0.2, 0) is 14.4 Å². The Hall–Kier alpha value is -3.12. The number of anilines is 1. The summed E-state index contributed by atoms with van der Waals surface area (Å²) in [5.74, 6) is -0.474. The number of benzene rings is 2. The van der Waals surface area contributed by atoms with E-state index in [-0.39, 0.29) is 5.43 Å². The lowest BCUT2D eigenvalue weighted by atomic mass is 10.0. The van der Waals surface area contributed by atoms with Crippen LogP contribution in [0.15, 0.2) is 70.1 Å². The number of carbonyl (C=O) groups is 1. The first-order valence-electron chi connectivity index (χ1n) is 8.28. The normalized spacial score (nSPS) is 19.7. The SMILES string of the molecule is COC(=O)[C@H]1C[C@@H](c2coc3ccccc3c2=O)N(c2ccccc2)O1. The van der Waals surface area contributed by atoms with Crippen LogP contribution >= 0.6 is 0 Å². The molecule has 6 heteroatoms. The predicted molar refractivity (Wildman–Crippen MR) is 95.7 cm³/mol. The van der Waals surface area contributed by atoms with Gasteiger partial charge in [0, 0.05) is 6.42 Å². The third-order valence-electron chi connectivity index (χ3n) is 4.50. The number of hydrogen-bond donors (Lipinski definition) is 0. The van der Waals surface area contributed by atoms with E-state index >= 15 is 0 Å². The molecule has 0 bridgehead atoms. The molecule has 1 aromatic heterocycles. The van der Waals surface area contributed by atoms with Crippen LogP contribution in [0.25, 0.3) is 11.0 Å². The second-order valence-corrected chi connectivity index (χ2v) is 6.05. The number of fused-ring (bicyclic) bond motifs is 1. The maximum Gasteiger partial charge on any atom is 0.337 e. The fourth-order valence-corrected chi connectivity index (χ4v) is 3.21. The van der Waals surface area contributed by atoms with Crippen LogP contribution in [0.2, 0.25) is 0 Å². The zero-order valence-electron chi connectivity index (χ0n) is 14.1. The van der Waals surface area contributed by atoms with Crippen LogP contribution in [0.4, 0.5) is 5.69 Å². The zero-order valence-corrected chi connectivity index (χ0v) is 14.1. The Balaban J connectivity index is 1.80. The Bertz CT molecular complexity index is 998. The lowest BCUT2D eigenvalue weighted by Crippen LogP contribution is -2.27. The van der Waals surface area contributed by atoms with Gasteiger partial charge in [0.25, 0.3) is 0 Å². The van der Waals surface area contributed by atoms with Gasteiger partial charge in [0.2, 0.25) is 0 Å². The molecule has 0 saturated carbocycles. The van der Waals surface area contributed by atoms with Crippen LogP contribution in [0.1, 0.15) is 18.0 Å². The quantitative estimate of drug-likeness (QED) is 0.675. The third-order valence-corrected chi connectivity index (χ3v) is 4.50. The molecule has 1 aliphatic rings. The summed E-state index contributed by atoms with van der Waals surface area (Å²) in [6.07, 6.45) is 0.968. The molecule has 1 fully saturated rings. The first-order valence-corrected chi connectivity index (χ1v) is 8.28. The van der Waals surface area contributed by atoms with E-state index in [0.29, 0.717) is 23.0 Å². The number of nitrogens with zero attached hydrogens (tertiary/aromatic N) is 1. The van der Waals surface area contributed by atoms with Gasteiger partial charge >= 0.3 is 5.97 Å². The van der Waals surface area contributed by atoms with E-state index in [2.05, 4.69) is 0 Å². The minimum atomic E-state index is -0.781. The average molecular weight is 351 g/mol. The summed E-state index contributed by atoms with van der Waals surface area (Å²) in [6.45, 7) is 0. The Morgan fingerprint density at radius 2 is 1.85 bits per heavy atom. The van der Waals surface area contributed by atoms with Crippen molar-refractivity contribution in [2.24, 2.45) is 0 Å². The average Bonchev–Trinajstić information content (AvgIpc) is 3.14. The van der Waals surface area contributed by atoms with Gasteiger partial charge in [-0.05, 0) is 24.3 Å². The molecule has 0 amide bonds. The van der Waals surface area contributed by atoms with Crippen LogP contribution in [0, 0.1) is 0 Å². The van der Waals surface area contributed by atoms with Gasteiger partial charge in [-0.2, -0.15) is 0 Å². The van der Waals surface area contributed by atoms with Gasteiger partial charge in [-0.1, -0.05) is 30.3 Å². The number of hydroxylamine groups is 1. The molecule has 26 heavy (non-hydrogen) atoms. The van der Waals surface area contributed by atoms with Crippen molar-refractivity contribution in [2.45, 2.75) is 18.6 Å². The van der Waals surface area contributed by atoms with Crippen LogP contribution in [-0.4, -0.2) is 19.2 Å². The van der Waals surface area contributed by atoms with Crippen molar-refractivity contribution in [1.82, 2.24) is 0 Å². The number of ether oxygens (including phenoxy) is 1. The molecule has 0 spiro atoms. The summed E-state index contributed by atoms with van der Waals surface area (Å²) in [7, 11) is 1.32. The molecule has 3 aromatic rings. The van der Waals surface area contributed by atoms with Gasteiger partial charge in [0.15, 0.2) is 11.5 Å².